The second kappa shape index (κ2) is 6.50. The molecule has 0 bridgehead atoms. The maximum absolute atomic E-state index is 12.2. The van der Waals surface area contributed by atoms with Gasteiger partial charge in [-0.25, -0.2) is 4.79 Å². The SMILES string of the molecule is Cc1nn(C(C)C)c(C)c1C(C=O)N(C)C(=O)OC(C)(C)C. The van der Waals surface area contributed by atoms with Crippen molar-refractivity contribution in [1.29, 1.82) is 0 Å². The molecule has 0 fully saturated rings. The van der Waals surface area contributed by atoms with Crippen molar-refractivity contribution < 1.29 is 14.3 Å². The van der Waals surface area contributed by atoms with Gasteiger partial charge >= 0.3 is 6.09 Å². The first-order valence-corrected chi connectivity index (χ1v) is 7.46. The summed E-state index contributed by atoms with van der Waals surface area (Å²) < 4.78 is 7.20. The number of nitrogens with zero attached hydrogens (tertiary/aromatic N) is 3. The van der Waals surface area contributed by atoms with Gasteiger partial charge in [0.25, 0.3) is 0 Å². The fraction of sp³-hybridized carbons (Fsp3) is 0.688. The molecule has 1 rings (SSSR count). The molecule has 1 unspecified atom stereocenters. The van der Waals surface area contributed by atoms with Crippen LogP contribution in [0.25, 0.3) is 0 Å². The zero-order valence-electron chi connectivity index (χ0n) is 14.8. The molecule has 0 radical (unpaired) electrons. The number of carbonyl (C=O) groups excluding carboxylic acids is 2. The Labute approximate surface area is 132 Å². The van der Waals surface area contributed by atoms with E-state index in [-0.39, 0.29) is 6.04 Å². The molecule has 1 amide bonds. The molecule has 0 aliphatic carbocycles. The van der Waals surface area contributed by atoms with Crippen LogP contribution in [0.2, 0.25) is 0 Å². The summed E-state index contributed by atoms with van der Waals surface area (Å²) in [6.07, 6.45) is 0.228. The highest BCUT2D eigenvalue weighted by Gasteiger charge is 2.30. The predicted octanol–water partition coefficient (Wildman–Crippen LogP) is 3.19. The molecule has 6 heteroatoms. The first-order valence-electron chi connectivity index (χ1n) is 7.46. The zero-order valence-corrected chi connectivity index (χ0v) is 14.8. The Morgan fingerprint density at radius 2 is 1.86 bits per heavy atom. The van der Waals surface area contributed by atoms with Crippen molar-refractivity contribution in [1.82, 2.24) is 14.7 Å². The molecule has 0 saturated carbocycles. The molecular formula is C16H27N3O3. The van der Waals surface area contributed by atoms with Crippen LogP contribution in [0.5, 0.6) is 0 Å². The average Bonchev–Trinajstić information content (AvgIpc) is 2.65. The van der Waals surface area contributed by atoms with Crippen molar-refractivity contribution in [3.8, 4) is 0 Å². The quantitative estimate of drug-likeness (QED) is 0.801. The first kappa shape index (κ1) is 18.2. The number of hydrogen-bond donors (Lipinski definition) is 0. The summed E-state index contributed by atoms with van der Waals surface area (Å²) >= 11 is 0. The molecular weight excluding hydrogens is 282 g/mol. The lowest BCUT2D eigenvalue weighted by molar-refractivity contribution is -0.112. The van der Waals surface area contributed by atoms with E-state index in [2.05, 4.69) is 5.10 Å². The summed E-state index contributed by atoms with van der Waals surface area (Å²) in [4.78, 5) is 25.1. The van der Waals surface area contributed by atoms with Crippen LogP contribution < -0.4 is 0 Å². The fourth-order valence-corrected chi connectivity index (χ4v) is 2.41. The van der Waals surface area contributed by atoms with Crippen molar-refractivity contribution in [2.24, 2.45) is 0 Å². The Morgan fingerprint density at radius 3 is 2.23 bits per heavy atom. The van der Waals surface area contributed by atoms with Crippen LogP contribution in [0.3, 0.4) is 0 Å². The Kier molecular flexibility index (Phi) is 5.38. The Hall–Kier alpha value is -1.85. The van der Waals surface area contributed by atoms with Gasteiger partial charge in [-0.3, -0.25) is 9.58 Å². The van der Waals surface area contributed by atoms with Gasteiger partial charge in [-0.05, 0) is 48.5 Å². The number of aryl methyl sites for hydroxylation is 1. The molecule has 0 spiro atoms. The van der Waals surface area contributed by atoms with Gasteiger partial charge in [0.2, 0.25) is 0 Å². The van der Waals surface area contributed by atoms with Gasteiger partial charge in [-0.15, -0.1) is 0 Å². The predicted molar refractivity (Wildman–Crippen MR) is 84.9 cm³/mol. The molecule has 1 aromatic rings. The van der Waals surface area contributed by atoms with Gasteiger partial charge < -0.3 is 9.53 Å². The van der Waals surface area contributed by atoms with Gasteiger partial charge in [0.1, 0.15) is 17.9 Å². The molecule has 1 atom stereocenters. The van der Waals surface area contributed by atoms with Gasteiger partial charge in [0, 0.05) is 24.3 Å². The zero-order chi connectivity index (χ0) is 17.2. The standard InChI is InChI=1S/C16H27N3O3/c1-10(2)19-12(4)14(11(3)17-19)13(9-20)18(8)15(21)22-16(5,6)7/h9-10,13H,1-8H3. The van der Waals surface area contributed by atoms with Crippen LogP contribution in [0.15, 0.2) is 0 Å². The first-order chi connectivity index (χ1) is 9.99. The van der Waals surface area contributed by atoms with Crippen LogP contribution in [-0.2, 0) is 9.53 Å². The molecule has 124 valence electrons. The summed E-state index contributed by atoms with van der Waals surface area (Å²) in [5.74, 6) is 0. The Bertz CT molecular complexity index is 556. The molecule has 0 aliphatic rings. The van der Waals surface area contributed by atoms with Gasteiger partial charge in [0.15, 0.2) is 0 Å². The highest BCUT2D eigenvalue weighted by atomic mass is 16.6. The van der Waals surface area contributed by atoms with Crippen LogP contribution >= 0.6 is 0 Å². The maximum atomic E-state index is 12.2. The van der Waals surface area contributed by atoms with Gasteiger partial charge in [0.05, 0.1) is 5.69 Å². The molecule has 0 aromatic carbocycles. The molecule has 22 heavy (non-hydrogen) atoms. The lowest BCUT2D eigenvalue weighted by atomic mass is 10.0. The average molecular weight is 309 g/mol. The minimum absolute atomic E-state index is 0.187. The number of aldehydes is 1. The van der Waals surface area contributed by atoms with Crippen molar-refractivity contribution in [3.63, 3.8) is 0 Å². The van der Waals surface area contributed by atoms with E-state index in [1.165, 1.54) is 4.90 Å². The maximum Gasteiger partial charge on any atom is 0.410 e. The van der Waals surface area contributed by atoms with Crippen LogP contribution in [-0.4, -0.2) is 39.7 Å². The third-order valence-electron chi connectivity index (χ3n) is 3.39. The monoisotopic (exact) mass is 309 g/mol. The molecule has 0 aliphatic heterocycles. The second-order valence-corrected chi connectivity index (χ2v) is 6.79. The fourth-order valence-electron chi connectivity index (χ4n) is 2.41. The molecule has 6 nitrogen and oxygen atoms in total. The van der Waals surface area contributed by atoms with Crippen LogP contribution in [0.1, 0.15) is 63.7 Å². The van der Waals surface area contributed by atoms with Crippen LogP contribution in [0, 0.1) is 13.8 Å². The number of likely N-dealkylation sites (N-methyl/N-ethyl adjacent to an activating group) is 1. The van der Waals surface area contributed by atoms with Crippen molar-refractivity contribution in [2.45, 2.75) is 66.2 Å². The molecule has 0 N–H and O–H groups in total. The van der Waals surface area contributed by atoms with Gasteiger partial charge in [-0.2, -0.15) is 5.10 Å². The summed E-state index contributed by atoms with van der Waals surface area (Å²) in [7, 11) is 1.57. The summed E-state index contributed by atoms with van der Waals surface area (Å²) in [5.41, 5.74) is 1.79. The summed E-state index contributed by atoms with van der Waals surface area (Å²) in [6, 6.07) is -0.520. The number of carbonyl (C=O) groups is 2. The van der Waals surface area contributed by atoms with E-state index < -0.39 is 17.7 Å². The lowest BCUT2D eigenvalue weighted by Gasteiger charge is -2.28. The van der Waals surface area contributed by atoms with E-state index in [4.69, 9.17) is 4.74 Å². The topological polar surface area (TPSA) is 64.4 Å². The van der Waals surface area contributed by atoms with E-state index in [1.807, 2.05) is 32.4 Å². The number of amides is 1. The van der Waals surface area contributed by atoms with Crippen molar-refractivity contribution in [3.05, 3.63) is 17.0 Å². The van der Waals surface area contributed by atoms with Crippen LogP contribution in [0.4, 0.5) is 4.79 Å². The highest BCUT2D eigenvalue weighted by Crippen LogP contribution is 2.27. The molecule has 0 saturated heterocycles. The van der Waals surface area contributed by atoms with E-state index in [1.54, 1.807) is 27.8 Å². The van der Waals surface area contributed by atoms with E-state index in [0.717, 1.165) is 23.2 Å². The summed E-state index contributed by atoms with van der Waals surface area (Å²) in [6.45, 7) is 13.2. The smallest absolute Gasteiger partial charge is 0.410 e. The van der Waals surface area contributed by atoms with E-state index >= 15 is 0 Å². The third kappa shape index (κ3) is 3.87. The molecule has 1 aromatic heterocycles. The number of ether oxygens (including phenoxy) is 1. The number of aromatic nitrogens is 2. The van der Waals surface area contributed by atoms with Crippen molar-refractivity contribution >= 4 is 12.4 Å². The minimum atomic E-state index is -0.706. The van der Waals surface area contributed by atoms with E-state index in [0.29, 0.717) is 0 Å². The number of rotatable bonds is 4. The van der Waals surface area contributed by atoms with E-state index in [9.17, 15) is 9.59 Å². The third-order valence-corrected chi connectivity index (χ3v) is 3.39. The minimum Gasteiger partial charge on any atom is -0.444 e. The van der Waals surface area contributed by atoms with Crippen molar-refractivity contribution in [2.75, 3.05) is 7.05 Å². The normalized spacial score (nSPS) is 13.1. The highest BCUT2D eigenvalue weighted by molar-refractivity contribution is 5.75. The Balaban J connectivity index is 3.17. The Morgan fingerprint density at radius 1 is 1.32 bits per heavy atom. The molecule has 1 heterocycles. The largest absolute Gasteiger partial charge is 0.444 e. The lowest BCUT2D eigenvalue weighted by Crippen LogP contribution is -2.37. The number of hydrogen-bond acceptors (Lipinski definition) is 4. The van der Waals surface area contributed by atoms with Gasteiger partial charge in [-0.1, -0.05) is 0 Å². The summed E-state index contributed by atoms with van der Waals surface area (Å²) in [5, 5.41) is 4.47. The second-order valence-electron chi connectivity index (χ2n) is 6.79.